The lowest BCUT2D eigenvalue weighted by Gasteiger charge is -2.36. The van der Waals surface area contributed by atoms with Crippen molar-refractivity contribution in [1.82, 2.24) is 15.1 Å². The summed E-state index contributed by atoms with van der Waals surface area (Å²) in [5.74, 6) is -3.85. The number of aromatic nitrogens is 2. The number of piperidine rings is 1. The Bertz CT molecular complexity index is 377. The molecule has 0 spiro atoms. The number of halogens is 2. The average Bonchev–Trinajstić information content (AvgIpc) is 2.74. The molecule has 0 radical (unpaired) electrons. The van der Waals surface area contributed by atoms with Crippen LogP contribution in [0.5, 0.6) is 0 Å². The summed E-state index contributed by atoms with van der Waals surface area (Å²) in [6.45, 7) is 1.39. The number of nitrogens with zero attached hydrogens (tertiary/aromatic N) is 2. The molecule has 0 unspecified atom stereocenters. The molecule has 2 rings (SSSR count). The van der Waals surface area contributed by atoms with Gasteiger partial charge in [-0.15, -0.1) is 0 Å². The van der Waals surface area contributed by atoms with Crippen molar-refractivity contribution in [2.75, 3.05) is 13.1 Å². The molecule has 1 aliphatic rings. The quantitative estimate of drug-likeness (QED) is 0.793. The van der Waals surface area contributed by atoms with Crippen LogP contribution in [0.25, 0.3) is 0 Å². The second-order valence-electron chi connectivity index (χ2n) is 4.16. The number of carbonyl (C=O) groups is 1. The fourth-order valence-electron chi connectivity index (χ4n) is 1.77. The van der Waals surface area contributed by atoms with E-state index < -0.39 is 18.4 Å². The lowest BCUT2D eigenvalue weighted by molar-refractivity contribution is -0.0957. The Morgan fingerprint density at radius 1 is 1.69 bits per heavy atom. The van der Waals surface area contributed by atoms with Crippen molar-refractivity contribution in [2.24, 2.45) is 5.92 Å². The summed E-state index contributed by atoms with van der Waals surface area (Å²) in [5, 5.41) is 6.12. The highest BCUT2D eigenvalue weighted by Gasteiger charge is 2.43. The summed E-state index contributed by atoms with van der Waals surface area (Å²) >= 11 is 0. The van der Waals surface area contributed by atoms with Crippen molar-refractivity contribution < 1.29 is 13.6 Å². The van der Waals surface area contributed by atoms with Crippen LogP contribution in [0.3, 0.4) is 0 Å². The lowest BCUT2D eigenvalue weighted by atomic mass is 9.94. The molecule has 88 valence electrons. The zero-order chi connectivity index (χ0) is 11.8. The van der Waals surface area contributed by atoms with Gasteiger partial charge in [0.2, 0.25) is 0 Å². The first-order chi connectivity index (χ1) is 7.50. The smallest absolute Gasteiger partial charge is 0.267 e. The highest BCUT2D eigenvalue weighted by molar-refractivity contribution is 5.93. The summed E-state index contributed by atoms with van der Waals surface area (Å²) in [6.07, 6.45) is 3.09. The minimum atomic E-state index is -2.79. The van der Waals surface area contributed by atoms with E-state index in [2.05, 4.69) is 10.2 Å². The number of nitrogens with one attached hydrogen (secondary N) is 1. The first-order valence-corrected chi connectivity index (χ1v) is 5.16. The van der Waals surface area contributed by atoms with Gasteiger partial charge in [0.25, 0.3) is 11.8 Å². The van der Waals surface area contributed by atoms with Crippen molar-refractivity contribution in [2.45, 2.75) is 19.3 Å². The minimum absolute atomic E-state index is 0.324. The van der Waals surface area contributed by atoms with Crippen molar-refractivity contribution in [3.8, 4) is 0 Å². The maximum Gasteiger partial charge on any atom is 0.267 e. The van der Waals surface area contributed by atoms with Gasteiger partial charge in [-0.05, 0) is 6.42 Å². The Balaban J connectivity index is 2.10. The lowest BCUT2D eigenvalue weighted by Crippen LogP contribution is -2.49. The van der Waals surface area contributed by atoms with E-state index >= 15 is 0 Å². The van der Waals surface area contributed by atoms with E-state index in [1.165, 1.54) is 24.2 Å². The highest BCUT2D eigenvalue weighted by Crippen LogP contribution is 2.32. The number of hydrogen-bond donors (Lipinski definition) is 1. The maximum absolute atomic E-state index is 13.4. The molecule has 1 atom stereocenters. The summed E-state index contributed by atoms with van der Waals surface area (Å²) in [5.41, 5.74) is 0.324. The minimum Gasteiger partial charge on any atom is -0.332 e. The monoisotopic (exact) mass is 229 g/mol. The van der Waals surface area contributed by atoms with Crippen LogP contribution >= 0.6 is 0 Å². The largest absolute Gasteiger partial charge is 0.332 e. The van der Waals surface area contributed by atoms with Crippen LogP contribution < -0.4 is 0 Å². The molecule has 1 aromatic rings. The number of aromatic amines is 1. The van der Waals surface area contributed by atoms with Crippen molar-refractivity contribution in [1.29, 1.82) is 0 Å². The van der Waals surface area contributed by atoms with E-state index in [9.17, 15) is 13.6 Å². The third-order valence-electron chi connectivity index (χ3n) is 2.99. The van der Waals surface area contributed by atoms with E-state index in [0.29, 0.717) is 18.5 Å². The van der Waals surface area contributed by atoms with Crippen LogP contribution in [0, 0.1) is 5.92 Å². The van der Waals surface area contributed by atoms with Gasteiger partial charge in [0.15, 0.2) is 0 Å². The van der Waals surface area contributed by atoms with Crippen molar-refractivity contribution in [3.63, 3.8) is 0 Å². The van der Waals surface area contributed by atoms with Gasteiger partial charge in [0.1, 0.15) is 0 Å². The number of likely N-dealkylation sites (tertiary alicyclic amines) is 1. The van der Waals surface area contributed by atoms with E-state index in [0.717, 1.165) is 0 Å². The standard InChI is InChI=1S/C10H13F2N3O/c1-7-2-3-15(6-10(7,11)12)9(16)8-4-13-14-5-8/h4-5,7H,2-3,6H2,1H3,(H,13,14)/t7-/m0/s1. The third-order valence-corrected chi connectivity index (χ3v) is 2.99. The average molecular weight is 229 g/mol. The zero-order valence-electron chi connectivity index (χ0n) is 8.91. The molecule has 6 heteroatoms. The Morgan fingerprint density at radius 3 is 3.00 bits per heavy atom. The SMILES string of the molecule is C[C@H]1CCN(C(=O)c2cn[nH]c2)CC1(F)F. The molecule has 1 amide bonds. The van der Waals surface area contributed by atoms with Crippen LogP contribution in [-0.4, -0.2) is 40.0 Å². The van der Waals surface area contributed by atoms with Crippen molar-refractivity contribution in [3.05, 3.63) is 18.0 Å². The molecule has 1 N–H and O–H groups in total. The summed E-state index contributed by atoms with van der Waals surface area (Å²) < 4.78 is 26.9. The number of H-pyrrole nitrogens is 1. The van der Waals surface area contributed by atoms with Crippen LogP contribution in [-0.2, 0) is 0 Å². The summed E-state index contributed by atoms with van der Waals surface area (Å²) in [7, 11) is 0. The number of carbonyl (C=O) groups excluding carboxylic acids is 1. The number of rotatable bonds is 1. The molecule has 16 heavy (non-hydrogen) atoms. The molecule has 0 saturated carbocycles. The zero-order valence-corrected chi connectivity index (χ0v) is 8.91. The van der Waals surface area contributed by atoms with Gasteiger partial charge in [0.05, 0.1) is 18.3 Å². The molecule has 2 heterocycles. The van der Waals surface area contributed by atoms with Crippen LogP contribution in [0.2, 0.25) is 0 Å². The number of alkyl halides is 2. The van der Waals surface area contributed by atoms with Crippen LogP contribution in [0.1, 0.15) is 23.7 Å². The number of amides is 1. The third kappa shape index (κ3) is 1.91. The predicted molar refractivity (Wildman–Crippen MR) is 53.2 cm³/mol. The molecule has 0 bridgehead atoms. The van der Waals surface area contributed by atoms with Gasteiger partial charge >= 0.3 is 0 Å². The second kappa shape index (κ2) is 3.84. The maximum atomic E-state index is 13.4. The van der Waals surface area contributed by atoms with Gasteiger partial charge in [-0.1, -0.05) is 6.92 Å². The molecule has 1 aromatic heterocycles. The molecule has 4 nitrogen and oxygen atoms in total. The highest BCUT2D eigenvalue weighted by atomic mass is 19.3. The van der Waals surface area contributed by atoms with E-state index in [1.54, 1.807) is 0 Å². The predicted octanol–water partition coefficient (Wildman–Crippen LogP) is 1.53. The van der Waals surface area contributed by atoms with E-state index in [-0.39, 0.29) is 5.91 Å². The van der Waals surface area contributed by atoms with E-state index in [4.69, 9.17) is 0 Å². The van der Waals surface area contributed by atoms with Gasteiger partial charge in [-0.2, -0.15) is 5.10 Å². The summed E-state index contributed by atoms with van der Waals surface area (Å²) in [4.78, 5) is 13.0. The van der Waals surface area contributed by atoms with Crippen LogP contribution in [0.15, 0.2) is 12.4 Å². The van der Waals surface area contributed by atoms with E-state index in [1.807, 2.05) is 0 Å². The van der Waals surface area contributed by atoms with Crippen LogP contribution in [0.4, 0.5) is 8.78 Å². The normalized spacial score (nSPS) is 24.4. The molecule has 1 aliphatic heterocycles. The molecule has 1 saturated heterocycles. The Labute approximate surface area is 91.6 Å². The fourth-order valence-corrected chi connectivity index (χ4v) is 1.77. The first kappa shape index (κ1) is 11.0. The molecular weight excluding hydrogens is 216 g/mol. The Morgan fingerprint density at radius 2 is 2.44 bits per heavy atom. The fraction of sp³-hybridized carbons (Fsp3) is 0.600. The second-order valence-corrected chi connectivity index (χ2v) is 4.16. The van der Waals surface area contributed by atoms with Gasteiger partial charge in [-0.3, -0.25) is 9.89 Å². The molecule has 1 fully saturated rings. The van der Waals surface area contributed by atoms with Gasteiger partial charge < -0.3 is 4.90 Å². The van der Waals surface area contributed by atoms with Gasteiger partial charge in [-0.25, -0.2) is 8.78 Å². The van der Waals surface area contributed by atoms with Gasteiger partial charge in [0, 0.05) is 18.7 Å². The Hall–Kier alpha value is -1.46. The molecule has 0 aliphatic carbocycles. The molecular formula is C10H13F2N3O. The topological polar surface area (TPSA) is 49.0 Å². The Kier molecular flexibility index (Phi) is 2.65. The molecule has 0 aromatic carbocycles. The van der Waals surface area contributed by atoms with Crippen molar-refractivity contribution >= 4 is 5.91 Å². The number of hydrogen-bond acceptors (Lipinski definition) is 2. The first-order valence-electron chi connectivity index (χ1n) is 5.16. The summed E-state index contributed by atoms with van der Waals surface area (Å²) in [6, 6.07) is 0.